The van der Waals surface area contributed by atoms with Crippen molar-refractivity contribution in [3.05, 3.63) is 137 Å². The molecule has 0 spiro atoms. The quantitative estimate of drug-likeness (QED) is 0.166. The van der Waals surface area contributed by atoms with Crippen LogP contribution >= 0.6 is 0 Å². The third-order valence-corrected chi connectivity index (χ3v) is 8.15. The fraction of sp³-hybridized carbons (Fsp3) is 0.216. The van der Waals surface area contributed by atoms with Gasteiger partial charge in [0.15, 0.2) is 12.0 Å². The Morgan fingerprint density at radius 1 is 0.909 bits per heavy atom. The Hall–Kier alpha value is -5.04. The lowest BCUT2D eigenvalue weighted by Gasteiger charge is -2.34. The number of benzene rings is 4. The van der Waals surface area contributed by atoms with Crippen LogP contribution in [0.2, 0.25) is 0 Å². The van der Waals surface area contributed by atoms with Gasteiger partial charge in [-0.25, -0.2) is 4.39 Å². The summed E-state index contributed by atoms with van der Waals surface area (Å²) in [5.41, 5.74) is 4.29. The highest BCUT2D eigenvalue weighted by Crippen LogP contribution is 2.43. The number of aromatic nitrogens is 1. The van der Waals surface area contributed by atoms with Gasteiger partial charge in [-0.3, -0.25) is 14.6 Å². The molecule has 0 N–H and O–H groups in total. The molecule has 0 saturated carbocycles. The van der Waals surface area contributed by atoms with E-state index in [0.717, 1.165) is 60.7 Å². The van der Waals surface area contributed by atoms with Crippen LogP contribution in [0.25, 0.3) is 10.9 Å². The van der Waals surface area contributed by atoms with Gasteiger partial charge in [-0.2, -0.15) is 0 Å². The number of carbonyl (C=O) groups excluding carboxylic acids is 2. The molecular formula is C37H34FN3O3. The molecule has 1 aliphatic heterocycles. The van der Waals surface area contributed by atoms with Gasteiger partial charge in [0.1, 0.15) is 17.4 Å². The van der Waals surface area contributed by atoms with E-state index >= 15 is 0 Å². The molecule has 5 aromatic rings. The molecule has 222 valence electrons. The first-order valence-electron chi connectivity index (χ1n) is 15.0. The highest BCUT2D eigenvalue weighted by atomic mass is 19.1. The molecule has 0 radical (unpaired) electrons. The van der Waals surface area contributed by atoms with Gasteiger partial charge in [0.25, 0.3) is 5.91 Å². The number of hydrogen-bond acceptors (Lipinski definition) is 5. The average molecular weight is 588 g/mol. The predicted octanol–water partition coefficient (Wildman–Crippen LogP) is 7.62. The fourth-order valence-corrected chi connectivity index (χ4v) is 6.00. The Balaban J connectivity index is 1.55. The van der Waals surface area contributed by atoms with Gasteiger partial charge in [-0.1, -0.05) is 72.8 Å². The lowest BCUT2D eigenvalue weighted by Crippen LogP contribution is -2.34. The van der Waals surface area contributed by atoms with Crippen molar-refractivity contribution in [1.29, 1.82) is 0 Å². The van der Waals surface area contributed by atoms with E-state index in [1.54, 1.807) is 30.3 Å². The number of pyridine rings is 1. The molecule has 0 atom stereocenters. The van der Waals surface area contributed by atoms with Gasteiger partial charge in [-0.15, -0.1) is 0 Å². The Labute approximate surface area is 256 Å². The summed E-state index contributed by atoms with van der Waals surface area (Å²) in [5, 5.41) is 0.758. The normalized spacial score (nSPS) is 13.2. The molecule has 0 unspecified atom stereocenters. The number of nitrogens with zero attached hydrogens (tertiary/aromatic N) is 3. The van der Waals surface area contributed by atoms with Crippen molar-refractivity contribution in [2.75, 3.05) is 25.0 Å². The van der Waals surface area contributed by atoms with Crippen molar-refractivity contribution in [1.82, 2.24) is 9.88 Å². The van der Waals surface area contributed by atoms with E-state index in [4.69, 9.17) is 9.72 Å². The number of fused-ring (bicyclic) bond motifs is 1. The molecule has 6 rings (SSSR count). The molecule has 0 bridgehead atoms. The van der Waals surface area contributed by atoms with Crippen molar-refractivity contribution < 1.29 is 18.7 Å². The summed E-state index contributed by atoms with van der Waals surface area (Å²) >= 11 is 0. The van der Waals surface area contributed by atoms with E-state index < -0.39 is 6.10 Å². The second-order valence-electron chi connectivity index (χ2n) is 11.1. The van der Waals surface area contributed by atoms with Gasteiger partial charge in [0, 0.05) is 38.3 Å². The number of anilines is 1. The zero-order valence-corrected chi connectivity index (χ0v) is 24.7. The van der Waals surface area contributed by atoms with Crippen molar-refractivity contribution in [2.45, 2.75) is 31.9 Å². The van der Waals surface area contributed by atoms with Crippen LogP contribution in [0.3, 0.4) is 0 Å². The van der Waals surface area contributed by atoms with E-state index in [0.29, 0.717) is 16.8 Å². The van der Waals surface area contributed by atoms with E-state index in [2.05, 4.69) is 4.90 Å². The smallest absolute Gasteiger partial charge is 0.256 e. The molecule has 1 amide bonds. The molecular weight excluding hydrogens is 553 g/mol. The monoisotopic (exact) mass is 587 g/mol. The SMILES string of the molecule is CN(Cc1ccc(F)cc1)C(=O)c1c(C=O)c(OC(c2ccccc2)c2ccccc2)c2ncccc2c1N1CCCCC1. The summed E-state index contributed by atoms with van der Waals surface area (Å²) in [4.78, 5) is 36.1. The van der Waals surface area contributed by atoms with Gasteiger partial charge in [0.05, 0.1) is 16.8 Å². The topological polar surface area (TPSA) is 62.7 Å². The zero-order valence-electron chi connectivity index (χ0n) is 24.7. The second kappa shape index (κ2) is 13.1. The van der Waals surface area contributed by atoms with Gasteiger partial charge >= 0.3 is 0 Å². The standard InChI is InChI=1S/C37H34FN3O3/c1-40(24-26-17-19-29(38)20-18-26)37(43)32-31(25-42)36(33-30(16-11-21-39-33)34(32)41-22-9-4-10-23-41)44-35(27-12-5-2-6-13-27)28-14-7-3-8-15-28/h2-3,5-8,11-21,25,35H,4,9-10,22-24H2,1H3. The number of ether oxygens (including phenoxy) is 1. The van der Waals surface area contributed by atoms with Crippen LogP contribution in [0.1, 0.15) is 62.8 Å². The predicted molar refractivity (Wildman–Crippen MR) is 171 cm³/mol. The number of amides is 1. The summed E-state index contributed by atoms with van der Waals surface area (Å²) < 4.78 is 20.4. The van der Waals surface area contributed by atoms with Crippen LogP contribution in [0, 0.1) is 5.82 Å². The molecule has 44 heavy (non-hydrogen) atoms. The van der Waals surface area contributed by atoms with Crippen LogP contribution < -0.4 is 9.64 Å². The number of piperidine rings is 1. The van der Waals surface area contributed by atoms with Crippen molar-refractivity contribution in [2.24, 2.45) is 0 Å². The Morgan fingerprint density at radius 3 is 2.16 bits per heavy atom. The van der Waals surface area contributed by atoms with Crippen LogP contribution in [-0.4, -0.2) is 42.2 Å². The summed E-state index contributed by atoms with van der Waals surface area (Å²) in [7, 11) is 1.70. The van der Waals surface area contributed by atoms with E-state index in [-0.39, 0.29) is 29.6 Å². The number of carbonyl (C=O) groups is 2. The molecule has 1 aromatic heterocycles. The minimum atomic E-state index is -0.554. The van der Waals surface area contributed by atoms with Crippen LogP contribution in [0.4, 0.5) is 10.1 Å². The second-order valence-corrected chi connectivity index (χ2v) is 11.1. The van der Waals surface area contributed by atoms with E-state index in [1.165, 1.54) is 12.1 Å². The summed E-state index contributed by atoms with van der Waals surface area (Å²) in [5.74, 6) is -0.385. The van der Waals surface area contributed by atoms with E-state index in [1.807, 2.05) is 72.8 Å². The third kappa shape index (κ3) is 5.91. The lowest BCUT2D eigenvalue weighted by molar-refractivity contribution is 0.0781. The Bertz CT molecular complexity index is 1720. The first-order chi connectivity index (χ1) is 21.5. The van der Waals surface area contributed by atoms with Crippen LogP contribution in [0.5, 0.6) is 5.75 Å². The maximum absolute atomic E-state index is 14.5. The average Bonchev–Trinajstić information content (AvgIpc) is 3.08. The first-order valence-corrected chi connectivity index (χ1v) is 15.0. The highest BCUT2D eigenvalue weighted by Gasteiger charge is 2.32. The fourth-order valence-electron chi connectivity index (χ4n) is 6.00. The summed E-state index contributed by atoms with van der Waals surface area (Å²) in [6.07, 6.45) is 4.94. The van der Waals surface area contributed by atoms with Crippen molar-refractivity contribution in [3.8, 4) is 5.75 Å². The molecule has 0 aliphatic carbocycles. The molecule has 2 heterocycles. The molecule has 6 nitrogen and oxygen atoms in total. The Morgan fingerprint density at radius 2 is 1.55 bits per heavy atom. The third-order valence-electron chi connectivity index (χ3n) is 8.15. The van der Waals surface area contributed by atoms with Gasteiger partial charge < -0.3 is 14.5 Å². The number of halogens is 1. The number of hydrogen-bond donors (Lipinski definition) is 0. The molecule has 4 aromatic carbocycles. The van der Waals surface area contributed by atoms with Crippen LogP contribution in [0.15, 0.2) is 103 Å². The molecule has 1 saturated heterocycles. The number of aldehydes is 1. The van der Waals surface area contributed by atoms with Crippen LogP contribution in [-0.2, 0) is 6.54 Å². The lowest BCUT2D eigenvalue weighted by atomic mass is 9.95. The van der Waals surface area contributed by atoms with Gasteiger partial charge in [-0.05, 0) is 60.2 Å². The van der Waals surface area contributed by atoms with Crippen molar-refractivity contribution >= 4 is 28.8 Å². The maximum Gasteiger partial charge on any atom is 0.256 e. The molecule has 1 fully saturated rings. The number of rotatable bonds is 9. The van der Waals surface area contributed by atoms with Gasteiger partial charge in [0.2, 0.25) is 0 Å². The minimum Gasteiger partial charge on any atom is -0.478 e. The maximum atomic E-state index is 14.5. The minimum absolute atomic E-state index is 0.171. The van der Waals surface area contributed by atoms with E-state index in [9.17, 15) is 14.0 Å². The highest BCUT2D eigenvalue weighted by molar-refractivity contribution is 6.16. The summed E-state index contributed by atoms with van der Waals surface area (Å²) in [6.45, 7) is 1.77. The van der Waals surface area contributed by atoms with Crippen molar-refractivity contribution in [3.63, 3.8) is 0 Å². The Kier molecular flexibility index (Phi) is 8.64. The largest absolute Gasteiger partial charge is 0.478 e. The molecule has 1 aliphatic rings. The first kappa shape index (κ1) is 29.1. The zero-order chi connectivity index (χ0) is 30.5. The summed E-state index contributed by atoms with van der Waals surface area (Å²) in [6, 6.07) is 29.5. The molecule has 7 heteroatoms.